The van der Waals surface area contributed by atoms with E-state index >= 15 is 0 Å². The third-order valence-corrected chi connectivity index (χ3v) is 11.9. The van der Waals surface area contributed by atoms with Gasteiger partial charge >= 0.3 is 17.9 Å². The lowest BCUT2D eigenvalue weighted by molar-refractivity contribution is -0.167. The molecule has 0 aliphatic heterocycles. The van der Waals surface area contributed by atoms with Crippen molar-refractivity contribution in [1.29, 1.82) is 0 Å². The summed E-state index contributed by atoms with van der Waals surface area (Å²) in [6.07, 6.45) is 59.8. The molecule has 0 radical (unpaired) electrons. The summed E-state index contributed by atoms with van der Waals surface area (Å²) in [7, 11) is 0. The van der Waals surface area contributed by atoms with E-state index in [2.05, 4.69) is 57.2 Å². The molecule has 62 heavy (non-hydrogen) atoms. The number of unbranched alkanes of at least 4 members (excludes halogenated alkanes) is 32. The second-order valence-electron chi connectivity index (χ2n) is 18.1. The van der Waals surface area contributed by atoms with Crippen LogP contribution >= 0.6 is 0 Å². The van der Waals surface area contributed by atoms with Gasteiger partial charge < -0.3 is 14.2 Å². The van der Waals surface area contributed by atoms with Gasteiger partial charge in [0.15, 0.2) is 6.10 Å². The van der Waals surface area contributed by atoms with E-state index < -0.39 is 6.10 Å². The fraction of sp³-hybridized carbons (Fsp3) is 0.839. The molecule has 0 rings (SSSR count). The summed E-state index contributed by atoms with van der Waals surface area (Å²) in [6.45, 7) is 6.54. The van der Waals surface area contributed by atoms with Gasteiger partial charge in [-0.25, -0.2) is 0 Å². The molecule has 0 bridgehead atoms. The number of rotatable bonds is 49. The normalized spacial score (nSPS) is 12.2. The van der Waals surface area contributed by atoms with Gasteiger partial charge in [0, 0.05) is 19.3 Å². The average Bonchev–Trinajstić information content (AvgIpc) is 3.27. The molecule has 0 aromatic carbocycles. The van der Waals surface area contributed by atoms with E-state index in [9.17, 15) is 14.4 Å². The van der Waals surface area contributed by atoms with Crippen molar-refractivity contribution >= 4 is 17.9 Å². The Morgan fingerprint density at radius 1 is 0.339 bits per heavy atom. The fourth-order valence-corrected chi connectivity index (χ4v) is 7.87. The number of hydrogen-bond donors (Lipinski definition) is 0. The van der Waals surface area contributed by atoms with Crippen LogP contribution < -0.4 is 0 Å². The maximum absolute atomic E-state index is 12.8. The lowest BCUT2D eigenvalue weighted by Crippen LogP contribution is -2.30. The Kier molecular flexibility index (Phi) is 49.3. The van der Waals surface area contributed by atoms with Crippen LogP contribution in [0.1, 0.15) is 284 Å². The van der Waals surface area contributed by atoms with Gasteiger partial charge in [0.1, 0.15) is 13.2 Å². The third kappa shape index (κ3) is 48.7. The fourth-order valence-electron chi connectivity index (χ4n) is 7.87. The Labute approximate surface area is 385 Å². The van der Waals surface area contributed by atoms with Crippen LogP contribution in [-0.4, -0.2) is 37.2 Å². The van der Waals surface area contributed by atoms with Crippen LogP contribution in [-0.2, 0) is 28.6 Å². The highest BCUT2D eigenvalue weighted by Crippen LogP contribution is 2.16. The van der Waals surface area contributed by atoms with E-state index in [0.717, 1.165) is 89.9 Å². The first kappa shape index (κ1) is 59.6. The summed E-state index contributed by atoms with van der Waals surface area (Å²) in [5, 5.41) is 0. The van der Waals surface area contributed by atoms with E-state index in [0.29, 0.717) is 19.3 Å². The van der Waals surface area contributed by atoms with Gasteiger partial charge in [-0.15, -0.1) is 0 Å². The maximum atomic E-state index is 12.8. The highest BCUT2D eigenvalue weighted by atomic mass is 16.6. The van der Waals surface area contributed by atoms with Crippen molar-refractivity contribution in [1.82, 2.24) is 0 Å². The lowest BCUT2D eigenvalue weighted by atomic mass is 10.0. The largest absolute Gasteiger partial charge is 0.462 e. The molecule has 0 heterocycles. The molecule has 0 fully saturated rings. The standard InChI is InChI=1S/C56H102O6/c1-4-7-10-13-16-19-22-25-28-31-34-37-40-43-46-49-55(58)61-52-53(51-60-54(57)48-45-42-39-36-33-30-27-24-21-18-15-12-9-6-3)62-56(59)50-47-44-41-38-35-32-29-26-23-20-17-14-11-8-5-2/h9,12,18,21,27,30,53H,4-8,10-11,13-17,19-20,22-26,28-29,31-52H2,1-3H3/b12-9-,21-18-,30-27-. The van der Waals surface area contributed by atoms with Crippen molar-refractivity contribution in [3.8, 4) is 0 Å². The molecule has 0 saturated carbocycles. The molecule has 0 N–H and O–H groups in total. The van der Waals surface area contributed by atoms with Crippen LogP contribution in [0.2, 0.25) is 0 Å². The molecule has 0 amide bonds. The molecule has 6 heteroatoms. The quantitative estimate of drug-likeness (QED) is 0.0262. The first-order valence-corrected chi connectivity index (χ1v) is 27.0. The number of hydrogen-bond acceptors (Lipinski definition) is 6. The highest BCUT2D eigenvalue weighted by molar-refractivity contribution is 5.71. The summed E-state index contributed by atoms with van der Waals surface area (Å²) in [4.78, 5) is 38.0. The van der Waals surface area contributed by atoms with E-state index in [1.165, 1.54) is 154 Å². The van der Waals surface area contributed by atoms with Gasteiger partial charge in [0.25, 0.3) is 0 Å². The van der Waals surface area contributed by atoms with Crippen molar-refractivity contribution in [2.45, 2.75) is 290 Å². The van der Waals surface area contributed by atoms with E-state index in [4.69, 9.17) is 14.2 Å². The molecule has 362 valence electrons. The minimum absolute atomic E-state index is 0.0747. The Hall–Kier alpha value is -2.37. The molecule has 0 aromatic heterocycles. The minimum atomic E-state index is -0.776. The van der Waals surface area contributed by atoms with Gasteiger partial charge in [0.05, 0.1) is 0 Å². The zero-order valence-corrected chi connectivity index (χ0v) is 41.4. The Bertz CT molecular complexity index is 1050. The van der Waals surface area contributed by atoms with Crippen molar-refractivity contribution in [2.75, 3.05) is 13.2 Å². The van der Waals surface area contributed by atoms with E-state index in [-0.39, 0.29) is 31.1 Å². The third-order valence-electron chi connectivity index (χ3n) is 11.9. The van der Waals surface area contributed by atoms with Crippen LogP contribution in [0.5, 0.6) is 0 Å². The molecule has 0 aromatic rings. The number of carbonyl (C=O) groups excluding carboxylic acids is 3. The first-order chi connectivity index (χ1) is 30.5. The molecular formula is C56H102O6. The van der Waals surface area contributed by atoms with Crippen molar-refractivity contribution < 1.29 is 28.6 Å². The van der Waals surface area contributed by atoms with Gasteiger partial charge in [-0.05, 0) is 51.4 Å². The molecule has 0 aliphatic rings. The van der Waals surface area contributed by atoms with Gasteiger partial charge in [-0.2, -0.15) is 0 Å². The predicted octanol–water partition coefficient (Wildman–Crippen LogP) is 17.7. The second-order valence-corrected chi connectivity index (χ2v) is 18.1. The zero-order chi connectivity index (χ0) is 45.1. The summed E-state index contributed by atoms with van der Waals surface area (Å²) >= 11 is 0. The number of allylic oxidation sites excluding steroid dienone is 6. The first-order valence-electron chi connectivity index (χ1n) is 27.0. The summed E-state index contributed by atoms with van der Waals surface area (Å²) in [5.74, 6) is -0.882. The molecule has 1 unspecified atom stereocenters. The summed E-state index contributed by atoms with van der Waals surface area (Å²) in [5.41, 5.74) is 0. The van der Waals surface area contributed by atoms with Crippen molar-refractivity contribution in [3.63, 3.8) is 0 Å². The van der Waals surface area contributed by atoms with Crippen LogP contribution in [0.25, 0.3) is 0 Å². The Morgan fingerprint density at radius 2 is 0.629 bits per heavy atom. The zero-order valence-electron chi connectivity index (χ0n) is 41.4. The average molecular weight is 871 g/mol. The molecule has 0 saturated heterocycles. The SMILES string of the molecule is CC/C=C\C/C=C\C/C=C\CCCCCCC(=O)OCC(COC(=O)CCCCCCCCCCCCCCCCC)OC(=O)CCCCCCCCCCCCCCCCC. The van der Waals surface area contributed by atoms with Crippen LogP contribution in [0.3, 0.4) is 0 Å². The van der Waals surface area contributed by atoms with Crippen molar-refractivity contribution in [2.24, 2.45) is 0 Å². The van der Waals surface area contributed by atoms with E-state index in [1.807, 2.05) is 0 Å². The number of carbonyl (C=O) groups is 3. The Balaban J connectivity index is 4.36. The lowest BCUT2D eigenvalue weighted by Gasteiger charge is -2.18. The van der Waals surface area contributed by atoms with Crippen molar-refractivity contribution in [3.05, 3.63) is 36.5 Å². The number of esters is 3. The molecule has 0 spiro atoms. The summed E-state index contributed by atoms with van der Waals surface area (Å²) in [6, 6.07) is 0. The monoisotopic (exact) mass is 871 g/mol. The predicted molar refractivity (Wildman–Crippen MR) is 266 cm³/mol. The molecular weight excluding hydrogens is 769 g/mol. The minimum Gasteiger partial charge on any atom is -0.462 e. The van der Waals surface area contributed by atoms with Gasteiger partial charge in [-0.1, -0.05) is 250 Å². The highest BCUT2D eigenvalue weighted by Gasteiger charge is 2.19. The van der Waals surface area contributed by atoms with Crippen LogP contribution in [0, 0.1) is 0 Å². The maximum Gasteiger partial charge on any atom is 0.306 e. The van der Waals surface area contributed by atoms with Gasteiger partial charge in [0.2, 0.25) is 0 Å². The topological polar surface area (TPSA) is 78.9 Å². The van der Waals surface area contributed by atoms with Crippen LogP contribution in [0.15, 0.2) is 36.5 Å². The molecule has 0 aliphatic carbocycles. The Morgan fingerprint density at radius 3 is 0.984 bits per heavy atom. The second kappa shape index (κ2) is 51.3. The molecule has 1 atom stereocenters. The van der Waals surface area contributed by atoms with Gasteiger partial charge in [-0.3, -0.25) is 14.4 Å². The van der Waals surface area contributed by atoms with E-state index in [1.54, 1.807) is 0 Å². The smallest absolute Gasteiger partial charge is 0.306 e. The van der Waals surface area contributed by atoms with Crippen LogP contribution in [0.4, 0.5) is 0 Å². The number of ether oxygens (including phenoxy) is 3. The molecule has 6 nitrogen and oxygen atoms in total. The summed E-state index contributed by atoms with van der Waals surface area (Å²) < 4.78 is 16.8.